The minimum atomic E-state index is -0.593. The van der Waals surface area contributed by atoms with Crippen LogP contribution < -0.4 is 9.47 Å². The van der Waals surface area contributed by atoms with Gasteiger partial charge in [0.1, 0.15) is 40.1 Å². The zero-order valence-electron chi connectivity index (χ0n) is 27.0. The van der Waals surface area contributed by atoms with Gasteiger partial charge in [-0.25, -0.2) is 9.59 Å². The summed E-state index contributed by atoms with van der Waals surface area (Å²) in [5, 5.41) is 15.8. The number of ether oxygens (including phenoxy) is 6. The molecule has 1 saturated heterocycles. The van der Waals surface area contributed by atoms with Crippen LogP contribution in [0.15, 0.2) is 24.3 Å². The normalized spacial score (nSPS) is 13.3. The Morgan fingerprint density at radius 1 is 0.822 bits per heavy atom. The highest BCUT2D eigenvalue weighted by Crippen LogP contribution is 2.33. The van der Waals surface area contributed by atoms with E-state index in [0.717, 1.165) is 15.6 Å². The van der Waals surface area contributed by atoms with E-state index < -0.39 is 29.4 Å². The molecular weight excluding hydrogens is 814 g/mol. The number of aldehydes is 1. The lowest BCUT2D eigenvalue weighted by Gasteiger charge is -2.25. The molecule has 0 bridgehead atoms. The first-order valence-corrected chi connectivity index (χ1v) is 16.3. The molecule has 1 aliphatic rings. The zero-order valence-corrected chi connectivity index (χ0v) is 31.3. The molecule has 1 aliphatic heterocycles. The van der Waals surface area contributed by atoms with E-state index in [1.165, 1.54) is 13.2 Å². The molecule has 0 spiro atoms. The van der Waals surface area contributed by atoms with Gasteiger partial charge in [0.15, 0.2) is 6.29 Å². The molecule has 0 aromatic heterocycles. The summed E-state index contributed by atoms with van der Waals surface area (Å²) in [6.45, 7) is 12.3. The number of aliphatic hydroxyl groups excluding tert-OH is 2. The molecular formula is C32H44I2O11. The highest BCUT2D eigenvalue weighted by atomic mass is 127. The van der Waals surface area contributed by atoms with Crippen LogP contribution in [0.1, 0.15) is 97.3 Å². The van der Waals surface area contributed by atoms with Gasteiger partial charge in [0.25, 0.3) is 0 Å². The number of hydrogen-bond acceptors (Lipinski definition) is 11. The number of carbonyl (C=O) groups is 3. The second-order valence-electron chi connectivity index (χ2n) is 11.5. The third-order valence-electron chi connectivity index (χ3n) is 5.33. The number of carbonyl (C=O) groups excluding carboxylic acids is 3. The molecule has 11 nitrogen and oxygen atoms in total. The van der Waals surface area contributed by atoms with E-state index in [0.29, 0.717) is 52.1 Å². The van der Waals surface area contributed by atoms with Gasteiger partial charge in [0.05, 0.1) is 34.6 Å². The van der Waals surface area contributed by atoms with Crippen molar-refractivity contribution in [2.75, 3.05) is 40.6 Å². The lowest BCUT2D eigenvalue weighted by atomic mass is 10.1. The van der Waals surface area contributed by atoms with Crippen LogP contribution in [0, 0.1) is 7.14 Å². The van der Waals surface area contributed by atoms with Crippen LogP contribution in [0.3, 0.4) is 0 Å². The third kappa shape index (κ3) is 14.5. The van der Waals surface area contributed by atoms with Crippen LogP contribution in [0.25, 0.3) is 0 Å². The highest BCUT2D eigenvalue weighted by molar-refractivity contribution is 14.1. The lowest BCUT2D eigenvalue weighted by Crippen LogP contribution is -2.25. The molecule has 1 fully saturated rings. The second kappa shape index (κ2) is 19.6. The number of methoxy groups -OCH3 is 2. The summed E-state index contributed by atoms with van der Waals surface area (Å²) < 4.78 is 34.0. The van der Waals surface area contributed by atoms with E-state index in [9.17, 15) is 14.4 Å². The maximum Gasteiger partial charge on any atom is 0.342 e. The van der Waals surface area contributed by atoms with E-state index >= 15 is 0 Å². The Bertz CT molecular complexity index is 1260. The predicted molar refractivity (Wildman–Crippen MR) is 185 cm³/mol. The molecule has 0 saturated carbocycles. The van der Waals surface area contributed by atoms with Crippen molar-refractivity contribution in [1.29, 1.82) is 0 Å². The van der Waals surface area contributed by atoms with Crippen molar-refractivity contribution >= 4 is 63.4 Å². The molecule has 252 valence electrons. The van der Waals surface area contributed by atoms with Crippen molar-refractivity contribution in [3.63, 3.8) is 0 Å². The standard InChI is InChI=1S/C16H21IO5.C13H15IO4.C3H8O2/c1-16(2,3)22-14(18)11-8-10(9-12(17)13(11)19-4)15-20-6-5-7-21-15;1-13(2,3)18-12(16)9-5-8(7-15)6-10(14)11(9)17-4;4-2-1-3-5/h8-9,15H,5-7H2,1-4H3;5-7H,1-4H3;4-5H,1-3H2. The van der Waals surface area contributed by atoms with Gasteiger partial charge < -0.3 is 38.6 Å². The summed E-state index contributed by atoms with van der Waals surface area (Å²) in [4.78, 5) is 35.3. The van der Waals surface area contributed by atoms with Crippen molar-refractivity contribution in [1.82, 2.24) is 0 Å². The van der Waals surface area contributed by atoms with E-state index in [1.807, 2.05) is 49.4 Å². The number of halogens is 2. The summed E-state index contributed by atoms with van der Waals surface area (Å²) in [5.74, 6) is 0.0192. The average Bonchev–Trinajstić information content (AvgIpc) is 2.96. The second-order valence-corrected chi connectivity index (χ2v) is 13.8. The number of esters is 2. The van der Waals surface area contributed by atoms with Crippen molar-refractivity contribution in [3.8, 4) is 11.5 Å². The first kappa shape index (κ1) is 41.0. The molecule has 0 aliphatic carbocycles. The lowest BCUT2D eigenvalue weighted by molar-refractivity contribution is -0.183. The molecule has 45 heavy (non-hydrogen) atoms. The largest absolute Gasteiger partial charge is 0.495 e. The van der Waals surface area contributed by atoms with E-state index in [-0.39, 0.29) is 18.8 Å². The van der Waals surface area contributed by atoms with Gasteiger partial charge in [0, 0.05) is 24.3 Å². The van der Waals surface area contributed by atoms with Crippen LogP contribution in [-0.4, -0.2) is 80.3 Å². The molecule has 3 rings (SSSR count). The van der Waals surface area contributed by atoms with Crippen LogP contribution >= 0.6 is 45.2 Å². The van der Waals surface area contributed by atoms with Gasteiger partial charge in [0.2, 0.25) is 0 Å². The van der Waals surface area contributed by atoms with Crippen molar-refractivity contribution in [2.24, 2.45) is 0 Å². The fourth-order valence-electron chi connectivity index (χ4n) is 3.57. The number of aliphatic hydroxyl groups is 2. The Labute approximate surface area is 292 Å². The molecule has 0 unspecified atom stereocenters. The topological polar surface area (TPSA) is 147 Å². The maximum atomic E-state index is 12.4. The zero-order chi connectivity index (χ0) is 34.4. The van der Waals surface area contributed by atoms with Gasteiger partial charge in [-0.15, -0.1) is 0 Å². The molecule has 0 amide bonds. The van der Waals surface area contributed by atoms with Gasteiger partial charge in [-0.1, -0.05) is 0 Å². The van der Waals surface area contributed by atoms with Crippen molar-refractivity contribution in [2.45, 2.75) is 71.9 Å². The first-order chi connectivity index (χ1) is 21.0. The molecule has 13 heteroatoms. The fraction of sp³-hybridized carbons (Fsp3) is 0.531. The molecule has 2 N–H and O–H groups in total. The van der Waals surface area contributed by atoms with Crippen molar-refractivity contribution < 1.29 is 53.0 Å². The molecule has 0 atom stereocenters. The molecule has 0 radical (unpaired) electrons. The Hall–Kier alpha value is -2.05. The SMILES string of the molecule is COc1c(I)cc(C2OCCCO2)cc1C(=O)OC(C)(C)C.COc1c(I)cc(C=O)cc1C(=O)OC(C)(C)C.OCCCO. The molecule has 2 aromatic rings. The minimum absolute atomic E-state index is 0.0938. The average molecular weight is 859 g/mol. The van der Waals surface area contributed by atoms with Crippen LogP contribution in [0.5, 0.6) is 11.5 Å². The van der Waals surface area contributed by atoms with Crippen LogP contribution in [-0.2, 0) is 18.9 Å². The first-order valence-electron chi connectivity index (χ1n) is 14.1. The Balaban J connectivity index is 0.000000397. The third-order valence-corrected chi connectivity index (χ3v) is 6.93. The van der Waals surface area contributed by atoms with Gasteiger partial charge in [-0.3, -0.25) is 4.79 Å². The van der Waals surface area contributed by atoms with Gasteiger partial charge in [-0.05, 0) is 124 Å². The minimum Gasteiger partial charge on any atom is -0.495 e. The monoisotopic (exact) mass is 858 g/mol. The van der Waals surface area contributed by atoms with Crippen molar-refractivity contribution in [3.05, 3.63) is 53.7 Å². The summed E-state index contributed by atoms with van der Waals surface area (Å²) in [6.07, 6.45) is 1.62. The Morgan fingerprint density at radius 3 is 1.64 bits per heavy atom. The van der Waals surface area contributed by atoms with E-state index in [2.05, 4.69) is 22.6 Å². The summed E-state index contributed by atoms with van der Waals surface area (Å²) in [5.41, 5.74) is 0.705. The smallest absolute Gasteiger partial charge is 0.342 e. The Kier molecular flexibility index (Phi) is 17.8. The predicted octanol–water partition coefficient (Wildman–Crippen LogP) is 6.12. The number of hydrogen-bond donors (Lipinski definition) is 2. The summed E-state index contributed by atoms with van der Waals surface area (Å²) >= 11 is 4.15. The number of rotatable bonds is 8. The van der Waals surface area contributed by atoms with Gasteiger partial charge >= 0.3 is 11.9 Å². The van der Waals surface area contributed by atoms with Crippen LogP contribution in [0.4, 0.5) is 0 Å². The fourth-order valence-corrected chi connectivity index (χ4v) is 5.31. The number of benzene rings is 2. The highest BCUT2D eigenvalue weighted by Gasteiger charge is 2.26. The maximum absolute atomic E-state index is 12.4. The molecule has 2 aromatic carbocycles. The van der Waals surface area contributed by atoms with E-state index in [1.54, 1.807) is 40.0 Å². The van der Waals surface area contributed by atoms with Crippen LogP contribution in [0.2, 0.25) is 0 Å². The summed E-state index contributed by atoms with van der Waals surface area (Å²) in [6, 6.07) is 6.76. The summed E-state index contributed by atoms with van der Waals surface area (Å²) in [7, 11) is 3.02. The van der Waals surface area contributed by atoms with E-state index in [4.69, 9.17) is 38.6 Å². The quantitative estimate of drug-likeness (QED) is 0.180. The van der Waals surface area contributed by atoms with Gasteiger partial charge in [-0.2, -0.15) is 0 Å². The Morgan fingerprint density at radius 2 is 1.27 bits per heavy atom. The molecule has 1 heterocycles.